The Labute approximate surface area is 201 Å². The van der Waals surface area contributed by atoms with Crippen LogP contribution in [0.2, 0.25) is 0 Å². The van der Waals surface area contributed by atoms with Gasteiger partial charge < -0.3 is 20.4 Å². The third kappa shape index (κ3) is 4.43. The Hall–Kier alpha value is -4.66. The maximum absolute atomic E-state index is 13.0. The maximum atomic E-state index is 13.0. The van der Waals surface area contributed by atoms with Crippen LogP contribution < -0.4 is 15.4 Å². The molecule has 0 saturated carbocycles. The fraction of sp³-hybridized carbons (Fsp3) is 0.154. The summed E-state index contributed by atoms with van der Waals surface area (Å²) >= 11 is 0. The van der Waals surface area contributed by atoms with Crippen molar-refractivity contribution in [1.29, 1.82) is 0 Å². The van der Waals surface area contributed by atoms with E-state index in [1.54, 1.807) is 36.3 Å². The van der Waals surface area contributed by atoms with Gasteiger partial charge in [-0.2, -0.15) is 0 Å². The van der Waals surface area contributed by atoms with Crippen molar-refractivity contribution < 1.29 is 14.3 Å². The molecule has 35 heavy (non-hydrogen) atoms. The predicted octanol–water partition coefficient (Wildman–Crippen LogP) is 3.51. The van der Waals surface area contributed by atoms with E-state index < -0.39 is 0 Å². The predicted molar refractivity (Wildman–Crippen MR) is 133 cm³/mol. The minimum absolute atomic E-state index is 0.222. The summed E-state index contributed by atoms with van der Waals surface area (Å²) in [6, 6.07) is 15.2. The summed E-state index contributed by atoms with van der Waals surface area (Å²) in [5.74, 6) is 0.272. The monoisotopic (exact) mass is 468 g/mol. The quantitative estimate of drug-likeness (QED) is 0.359. The number of H-pyrrole nitrogens is 1. The maximum Gasteiger partial charge on any atom is 0.256 e. The number of aryl methyl sites for hydroxylation is 1. The molecule has 0 spiro atoms. The molecular formula is C26H24N6O3. The zero-order valence-corrected chi connectivity index (χ0v) is 19.3. The fourth-order valence-corrected chi connectivity index (χ4v) is 4.21. The number of nitrogens with zero attached hydrogens (tertiary/aromatic N) is 3. The van der Waals surface area contributed by atoms with E-state index in [1.807, 2.05) is 49.4 Å². The van der Waals surface area contributed by atoms with Crippen molar-refractivity contribution in [2.24, 2.45) is 0 Å². The van der Waals surface area contributed by atoms with E-state index in [1.165, 1.54) is 0 Å². The molecular weight excluding hydrogens is 444 g/mol. The topological polar surface area (TPSA) is 114 Å². The van der Waals surface area contributed by atoms with Gasteiger partial charge in [-0.1, -0.05) is 29.5 Å². The molecule has 0 saturated heterocycles. The largest absolute Gasteiger partial charge is 0.497 e. The molecule has 0 aliphatic carbocycles. The Morgan fingerprint density at radius 2 is 2.06 bits per heavy atom. The molecule has 0 radical (unpaired) electrons. The molecule has 0 fully saturated rings. The molecule has 3 N–H and O–H groups in total. The van der Waals surface area contributed by atoms with E-state index in [0.29, 0.717) is 29.9 Å². The lowest BCUT2D eigenvalue weighted by Crippen LogP contribution is -2.27. The fourth-order valence-electron chi connectivity index (χ4n) is 4.21. The molecule has 3 heterocycles. The highest BCUT2D eigenvalue weighted by molar-refractivity contribution is 6.36. The second kappa shape index (κ2) is 9.30. The molecule has 5 rings (SSSR count). The van der Waals surface area contributed by atoms with E-state index in [9.17, 15) is 9.59 Å². The van der Waals surface area contributed by atoms with Gasteiger partial charge in [0.15, 0.2) is 0 Å². The average molecular weight is 469 g/mol. The summed E-state index contributed by atoms with van der Waals surface area (Å²) < 4.78 is 7.03. The van der Waals surface area contributed by atoms with Crippen LogP contribution in [0.4, 0.5) is 5.69 Å². The number of aromatic nitrogens is 4. The first-order valence-electron chi connectivity index (χ1n) is 11.2. The lowest BCUT2D eigenvalue weighted by Gasteiger charge is -2.10. The number of methoxy groups -OCH3 is 1. The number of hydrogen-bond acceptors (Lipinski definition) is 5. The number of amides is 2. The van der Waals surface area contributed by atoms with Gasteiger partial charge in [0.25, 0.3) is 11.8 Å². The van der Waals surface area contributed by atoms with Crippen molar-refractivity contribution in [2.75, 3.05) is 19.0 Å². The third-order valence-corrected chi connectivity index (χ3v) is 5.82. The second-order valence-corrected chi connectivity index (χ2v) is 8.17. The van der Waals surface area contributed by atoms with Gasteiger partial charge in [-0.05, 0) is 48.4 Å². The zero-order chi connectivity index (χ0) is 24.4. The van der Waals surface area contributed by atoms with E-state index in [4.69, 9.17) is 4.74 Å². The number of ether oxygens (including phenoxy) is 1. The van der Waals surface area contributed by atoms with Crippen LogP contribution in [0.15, 0.2) is 60.9 Å². The number of fused-ring (bicyclic) bond motifs is 1. The molecule has 1 aliphatic heterocycles. The molecule has 2 aromatic heterocycles. The Morgan fingerprint density at radius 3 is 2.86 bits per heavy atom. The number of benzene rings is 2. The van der Waals surface area contributed by atoms with Crippen molar-refractivity contribution >= 4 is 29.2 Å². The summed E-state index contributed by atoms with van der Waals surface area (Å²) in [5, 5.41) is 13.5. The van der Waals surface area contributed by atoms with Crippen molar-refractivity contribution in [1.82, 2.24) is 25.3 Å². The number of nitrogens with one attached hydrogen (secondary N) is 3. The van der Waals surface area contributed by atoms with Crippen LogP contribution >= 0.6 is 0 Å². The Balaban J connectivity index is 1.49. The van der Waals surface area contributed by atoms with Crippen LogP contribution in [-0.2, 0) is 11.3 Å². The van der Waals surface area contributed by atoms with Gasteiger partial charge >= 0.3 is 0 Å². The van der Waals surface area contributed by atoms with Gasteiger partial charge in [-0.25, -0.2) is 0 Å². The van der Waals surface area contributed by atoms with Crippen LogP contribution in [0.25, 0.3) is 22.8 Å². The number of hydrogen-bond donors (Lipinski definition) is 3. The van der Waals surface area contributed by atoms with Gasteiger partial charge in [0.1, 0.15) is 5.75 Å². The van der Waals surface area contributed by atoms with Crippen LogP contribution in [0, 0.1) is 6.92 Å². The van der Waals surface area contributed by atoms with Crippen LogP contribution in [0.1, 0.15) is 27.3 Å². The summed E-state index contributed by atoms with van der Waals surface area (Å²) in [4.78, 5) is 29.2. The second-order valence-electron chi connectivity index (χ2n) is 8.17. The summed E-state index contributed by atoms with van der Waals surface area (Å²) in [6.45, 7) is 2.77. The van der Waals surface area contributed by atoms with Gasteiger partial charge in [0.2, 0.25) is 0 Å². The highest BCUT2D eigenvalue weighted by atomic mass is 16.5. The number of carbonyl (C=O) groups is 2. The summed E-state index contributed by atoms with van der Waals surface area (Å²) in [5.41, 5.74) is 5.67. The highest BCUT2D eigenvalue weighted by Gasteiger charge is 2.28. The first-order valence-corrected chi connectivity index (χ1v) is 11.2. The number of aromatic amines is 1. The molecule has 0 atom stereocenters. The molecule has 9 heteroatoms. The molecule has 2 amide bonds. The molecule has 9 nitrogen and oxygen atoms in total. The van der Waals surface area contributed by atoms with Gasteiger partial charge in [-0.15, -0.1) is 5.10 Å². The molecule has 2 aromatic carbocycles. The SMILES string of the molecule is COc1cccc(-c2cccc3c2C(=Cc2[nH]c(C)cc2C(=O)NCCn2ccnn2)C(=O)N3)c1. The van der Waals surface area contributed by atoms with E-state index in [0.717, 1.165) is 33.8 Å². The average Bonchev–Trinajstić information content (AvgIpc) is 3.59. The lowest BCUT2D eigenvalue weighted by atomic mass is 9.94. The molecule has 1 aliphatic rings. The van der Waals surface area contributed by atoms with E-state index >= 15 is 0 Å². The standard InChI is InChI=1S/C26H24N6O3/c1-16-13-20(25(33)27-9-11-32-12-10-28-31-32)23(29-16)15-21-24-19(7-4-8-22(24)30-26(21)34)17-5-3-6-18(14-17)35-2/h3-8,10,12-15,29H,9,11H2,1-2H3,(H,27,33)(H,30,34). The van der Waals surface area contributed by atoms with Crippen molar-refractivity contribution in [3.8, 4) is 16.9 Å². The third-order valence-electron chi connectivity index (χ3n) is 5.82. The van der Waals surface area contributed by atoms with Crippen LogP contribution in [0.3, 0.4) is 0 Å². The Bertz CT molecular complexity index is 1440. The lowest BCUT2D eigenvalue weighted by molar-refractivity contribution is -0.110. The molecule has 0 unspecified atom stereocenters. The van der Waals surface area contributed by atoms with E-state index in [2.05, 4.69) is 25.9 Å². The Morgan fingerprint density at radius 1 is 1.20 bits per heavy atom. The van der Waals surface area contributed by atoms with E-state index in [-0.39, 0.29) is 11.8 Å². The Kier molecular flexibility index (Phi) is 5.88. The number of anilines is 1. The van der Waals surface area contributed by atoms with Crippen molar-refractivity contribution in [3.63, 3.8) is 0 Å². The van der Waals surface area contributed by atoms with Gasteiger partial charge in [0.05, 0.1) is 36.7 Å². The summed E-state index contributed by atoms with van der Waals surface area (Å²) in [7, 11) is 1.62. The number of carbonyl (C=O) groups excluding carboxylic acids is 2. The number of rotatable bonds is 7. The minimum atomic E-state index is -0.235. The molecule has 176 valence electrons. The van der Waals surface area contributed by atoms with Crippen LogP contribution in [0.5, 0.6) is 5.75 Å². The normalized spacial score (nSPS) is 13.5. The van der Waals surface area contributed by atoms with Crippen molar-refractivity contribution in [3.05, 3.63) is 83.4 Å². The smallest absolute Gasteiger partial charge is 0.256 e. The first kappa shape index (κ1) is 22.1. The van der Waals surface area contributed by atoms with Crippen molar-refractivity contribution in [2.45, 2.75) is 13.5 Å². The first-order chi connectivity index (χ1) is 17.0. The van der Waals surface area contributed by atoms with Crippen LogP contribution in [-0.4, -0.2) is 45.4 Å². The van der Waals surface area contributed by atoms with Gasteiger partial charge in [0, 0.05) is 29.7 Å². The molecule has 4 aromatic rings. The zero-order valence-electron chi connectivity index (χ0n) is 19.3. The molecule has 0 bridgehead atoms. The summed E-state index contributed by atoms with van der Waals surface area (Å²) in [6.07, 6.45) is 5.06. The minimum Gasteiger partial charge on any atom is -0.497 e. The highest BCUT2D eigenvalue weighted by Crippen LogP contribution is 2.41. The van der Waals surface area contributed by atoms with Gasteiger partial charge in [-0.3, -0.25) is 14.3 Å².